The van der Waals surface area contributed by atoms with Gasteiger partial charge in [-0.15, -0.1) is 11.3 Å². The maximum absolute atomic E-state index is 12.8. The zero-order valence-corrected chi connectivity index (χ0v) is 17.8. The Hall–Kier alpha value is -3.13. The van der Waals surface area contributed by atoms with Gasteiger partial charge in [0, 0.05) is 23.8 Å². The van der Waals surface area contributed by atoms with Crippen LogP contribution in [0.15, 0.2) is 41.9 Å². The quantitative estimate of drug-likeness (QED) is 0.678. The Bertz CT molecular complexity index is 1070. The highest BCUT2D eigenvalue weighted by Crippen LogP contribution is 2.31. The number of rotatable bonds is 5. The summed E-state index contributed by atoms with van der Waals surface area (Å²) in [7, 11) is 0. The number of nitrogens with one attached hydrogen (secondary N) is 1. The van der Waals surface area contributed by atoms with Crippen molar-refractivity contribution in [2.24, 2.45) is 0 Å². The standard InChI is InChI=1S/C22H23N5O2S/c1-14-18(22(29)26-16-7-4-3-5-8-16)12-23-21(24-14)19-9-6-10-27(19)20(28)11-17-13-30-15(2)25-17/h3-5,7-8,12-13,19H,6,9-11H2,1-2H3,(H,26,29)/t19-/m0/s1. The minimum Gasteiger partial charge on any atom is -0.332 e. The van der Waals surface area contributed by atoms with Crippen LogP contribution in [0, 0.1) is 13.8 Å². The molecule has 1 aliphatic heterocycles. The van der Waals surface area contributed by atoms with Crippen molar-refractivity contribution in [3.63, 3.8) is 0 Å². The van der Waals surface area contributed by atoms with E-state index in [1.807, 2.05) is 47.5 Å². The average Bonchev–Trinajstić information content (AvgIpc) is 3.37. The van der Waals surface area contributed by atoms with Crippen LogP contribution in [-0.2, 0) is 11.2 Å². The molecule has 1 aromatic carbocycles. The number of carbonyl (C=O) groups is 2. The summed E-state index contributed by atoms with van der Waals surface area (Å²) in [5.41, 5.74) is 2.55. The van der Waals surface area contributed by atoms with Gasteiger partial charge in [0.2, 0.25) is 5.91 Å². The number of aryl methyl sites for hydroxylation is 2. The zero-order valence-electron chi connectivity index (χ0n) is 17.0. The number of para-hydroxylation sites is 1. The molecule has 0 radical (unpaired) electrons. The van der Waals surface area contributed by atoms with E-state index in [2.05, 4.69) is 20.3 Å². The van der Waals surface area contributed by atoms with E-state index in [1.165, 1.54) is 0 Å². The first kappa shape index (κ1) is 20.2. The molecular formula is C22H23N5O2S. The molecule has 2 aromatic heterocycles. The van der Waals surface area contributed by atoms with Crippen LogP contribution >= 0.6 is 11.3 Å². The Kier molecular flexibility index (Phi) is 5.85. The molecule has 3 aromatic rings. The topological polar surface area (TPSA) is 88.1 Å². The van der Waals surface area contributed by atoms with Gasteiger partial charge in [0.25, 0.3) is 5.91 Å². The number of anilines is 1. The van der Waals surface area contributed by atoms with E-state index in [4.69, 9.17) is 0 Å². The summed E-state index contributed by atoms with van der Waals surface area (Å²) in [5.74, 6) is 0.377. The summed E-state index contributed by atoms with van der Waals surface area (Å²) in [6, 6.07) is 9.11. The molecule has 0 unspecified atom stereocenters. The maximum Gasteiger partial charge on any atom is 0.259 e. The second-order valence-corrected chi connectivity index (χ2v) is 8.39. The smallest absolute Gasteiger partial charge is 0.259 e. The molecule has 3 heterocycles. The lowest BCUT2D eigenvalue weighted by atomic mass is 10.1. The minimum absolute atomic E-state index is 0.0370. The molecule has 8 heteroatoms. The van der Waals surface area contributed by atoms with Crippen LogP contribution < -0.4 is 5.32 Å². The summed E-state index contributed by atoms with van der Waals surface area (Å²) in [6.07, 6.45) is 3.57. The fourth-order valence-corrected chi connectivity index (χ4v) is 4.28. The monoisotopic (exact) mass is 421 g/mol. The average molecular weight is 422 g/mol. The van der Waals surface area contributed by atoms with Crippen LogP contribution in [0.25, 0.3) is 0 Å². The Labute approximate surface area is 179 Å². The van der Waals surface area contributed by atoms with Gasteiger partial charge in [-0.1, -0.05) is 18.2 Å². The van der Waals surface area contributed by atoms with Crippen LogP contribution in [0.5, 0.6) is 0 Å². The van der Waals surface area contributed by atoms with Crippen molar-refractivity contribution < 1.29 is 9.59 Å². The second-order valence-electron chi connectivity index (χ2n) is 7.33. The number of carbonyl (C=O) groups excluding carboxylic acids is 2. The van der Waals surface area contributed by atoms with Crippen molar-refractivity contribution in [3.05, 3.63) is 69.7 Å². The second kappa shape index (κ2) is 8.71. The lowest BCUT2D eigenvalue weighted by Gasteiger charge is -2.23. The highest BCUT2D eigenvalue weighted by atomic mass is 32.1. The van der Waals surface area contributed by atoms with Crippen molar-refractivity contribution in [2.75, 3.05) is 11.9 Å². The summed E-state index contributed by atoms with van der Waals surface area (Å²) in [4.78, 5) is 40.7. The number of benzene rings is 1. The molecule has 2 amide bonds. The molecule has 1 aliphatic rings. The molecule has 7 nitrogen and oxygen atoms in total. The lowest BCUT2D eigenvalue weighted by Crippen LogP contribution is -2.33. The predicted molar refractivity (Wildman–Crippen MR) is 115 cm³/mol. The molecule has 154 valence electrons. The van der Waals surface area contributed by atoms with E-state index < -0.39 is 0 Å². The van der Waals surface area contributed by atoms with Crippen molar-refractivity contribution in [1.29, 1.82) is 0 Å². The lowest BCUT2D eigenvalue weighted by molar-refractivity contribution is -0.131. The number of hydrogen-bond acceptors (Lipinski definition) is 6. The van der Waals surface area contributed by atoms with E-state index in [-0.39, 0.29) is 24.3 Å². The molecule has 1 fully saturated rings. The Morgan fingerprint density at radius 1 is 1.20 bits per heavy atom. The van der Waals surface area contributed by atoms with Crippen molar-refractivity contribution >= 4 is 28.8 Å². The van der Waals surface area contributed by atoms with Gasteiger partial charge in [-0.25, -0.2) is 15.0 Å². The van der Waals surface area contributed by atoms with Crippen molar-refractivity contribution in [2.45, 2.75) is 39.2 Å². The van der Waals surface area contributed by atoms with Crippen LogP contribution in [0.4, 0.5) is 5.69 Å². The molecule has 1 atom stereocenters. The highest BCUT2D eigenvalue weighted by Gasteiger charge is 2.32. The van der Waals surface area contributed by atoms with Gasteiger partial charge in [-0.05, 0) is 38.8 Å². The normalized spacial score (nSPS) is 15.9. The van der Waals surface area contributed by atoms with E-state index >= 15 is 0 Å². The molecule has 0 aliphatic carbocycles. The Morgan fingerprint density at radius 3 is 2.70 bits per heavy atom. The molecule has 30 heavy (non-hydrogen) atoms. The van der Waals surface area contributed by atoms with Crippen LogP contribution in [0.1, 0.15) is 51.5 Å². The number of amides is 2. The highest BCUT2D eigenvalue weighted by molar-refractivity contribution is 7.09. The van der Waals surface area contributed by atoms with E-state index in [9.17, 15) is 9.59 Å². The first-order valence-corrected chi connectivity index (χ1v) is 10.8. The van der Waals surface area contributed by atoms with Crippen LogP contribution in [0.3, 0.4) is 0 Å². The fourth-order valence-electron chi connectivity index (χ4n) is 3.67. The summed E-state index contributed by atoms with van der Waals surface area (Å²) in [5, 5.41) is 5.74. The van der Waals surface area contributed by atoms with Gasteiger partial charge in [-0.3, -0.25) is 9.59 Å². The third-order valence-corrected chi connectivity index (χ3v) is 5.97. The van der Waals surface area contributed by atoms with Crippen molar-refractivity contribution in [1.82, 2.24) is 19.9 Å². The van der Waals surface area contributed by atoms with E-state index in [1.54, 1.807) is 24.5 Å². The first-order valence-electron chi connectivity index (χ1n) is 9.91. The maximum atomic E-state index is 12.8. The molecule has 0 bridgehead atoms. The summed E-state index contributed by atoms with van der Waals surface area (Å²) >= 11 is 1.55. The minimum atomic E-state index is -0.247. The molecule has 0 saturated carbocycles. The van der Waals surface area contributed by atoms with Crippen molar-refractivity contribution in [3.8, 4) is 0 Å². The van der Waals surface area contributed by atoms with Gasteiger partial charge < -0.3 is 10.2 Å². The van der Waals surface area contributed by atoms with E-state index in [0.29, 0.717) is 23.6 Å². The van der Waals surface area contributed by atoms with Crippen LogP contribution in [-0.4, -0.2) is 38.2 Å². The van der Waals surface area contributed by atoms with Gasteiger partial charge in [-0.2, -0.15) is 0 Å². The number of aromatic nitrogens is 3. The van der Waals surface area contributed by atoms with Gasteiger partial charge in [0.1, 0.15) is 0 Å². The third kappa shape index (κ3) is 4.38. The zero-order chi connectivity index (χ0) is 21.1. The SMILES string of the molecule is Cc1nc(CC(=O)N2CCC[C@H]2c2ncc(C(=O)Nc3ccccc3)c(C)n2)cs1. The fraction of sp³-hybridized carbons (Fsp3) is 0.318. The number of hydrogen-bond donors (Lipinski definition) is 1. The molecule has 0 spiro atoms. The summed E-state index contributed by atoms with van der Waals surface area (Å²) < 4.78 is 0. The first-order chi connectivity index (χ1) is 14.5. The summed E-state index contributed by atoms with van der Waals surface area (Å²) in [6.45, 7) is 4.42. The van der Waals surface area contributed by atoms with Crippen LogP contribution in [0.2, 0.25) is 0 Å². The van der Waals surface area contributed by atoms with E-state index in [0.717, 1.165) is 29.2 Å². The number of thiazole rings is 1. The molecule has 1 saturated heterocycles. The Morgan fingerprint density at radius 2 is 2.00 bits per heavy atom. The Balaban J connectivity index is 1.48. The largest absolute Gasteiger partial charge is 0.332 e. The number of likely N-dealkylation sites (tertiary alicyclic amines) is 1. The molecule has 1 N–H and O–H groups in total. The van der Waals surface area contributed by atoms with Gasteiger partial charge >= 0.3 is 0 Å². The molecular weight excluding hydrogens is 398 g/mol. The van der Waals surface area contributed by atoms with Gasteiger partial charge in [0.05, 0.1) is 34.4 Å². The predicted octanol–water partition coefficient (Wildman–Crippen LogP) is 3.71. The molecule has 4 rings (SSSR count). The third-order valence-electron chi connectivity index (χ3n) is 5.14. The van der Waals surface area contributed by atoms with Gasteiger partial charge in [0.15, 0.2) is 5.82 Å². The number of nitrogens with zero attached hydrogens (tertiary/aromatic N) is 4.